The van der Waals surface area contributed by atoms with Gasteiger partial charge >= 0.3 is 0 Å². The van der Waals surface area contributed by atoms with E-state index in [1.54, 1.807) is 0 Å². The van der Waals surface area contributed by atoms with Crippen molar-refractivity contribution in [2.45, 2.75) is 17.1 Å². The number of nitrogens with zero attached hydrogens (tertiary/aromatic N) is 2. The van der Waals surface area contributed by atoms with Crippen LogP contribution in [0.2, 0.25) is 0 Å². The molecular weight excluding hydrogens is 310 g/mol. The first-order chi connectivity index (χ1) is 8.72. The summed E-state index contributed by atoms with van der Waals surface area (Å²) in [4.78, 5) is 12.2. The molecule has 0 fully saturated rings. The van der Waals surface area contributed by atoms with E-state index >= 15 is 0 Å². The molecule has 0 atom stereocenters. The molecule has 2 heterocycles. The minimum absolute atomic E-state index is 0.855. The Labute approximate surface area is 117 Å². The van der Waals surface area contributed by atoms with Crippen LogP contribution in [0.3, 0.4) is 0 Å². The van der Waals surface area contributed by atoms with Crippen LogP contribution in [0.15, 0.2) is 51.2 Å². The van der Waals surface area contributed by atoms with E-state index < -0.39 is 0 Å². The smallest absolute Gasteiger partial charge is 0.172 e. The number of hydrogen-bond donors (Lipinski definition) is 1. The summed E-state index contributed by atoms with van der Waals surface area (Å²) in [6.07, 6.45) is 1.86. The fourth-order valence-corrected chi connectivity index (χ4v) is 3.12. The Hall–Kier alpha value is -1.33. The molecular formula is C13H10BrN3S. The second-order valence-electron chi connectivity index (χ2n) is 3.96. The van der Waals surface area contributed by atoms with E-state index in [1.165, 1.54) is 11.8 Å². The average molecular weight is 320 g/mol. The lowest BCUT2D eigenvalue weighted by Crippen LogP contribution is -1.84. The summed E-state index contributed by atoms with van der Waals surface area (Å²) in [6.45, 7) is 2.02. The number of halogens is 1. The molecule has 0 radical (unpaired) electrons. The van der Waals surface area contributed by atoms with E-state index in [1.807, 2.05) is 37.4 Å². The van der Waals surface area contributed by atoms with Crippen LogP contribution in [-0.4, -0.2) is 15.0 Å². The maximum Gasteiger partial charge on any atom is 0.172 e. The van der Waals surface area contributed by atoms with Crippen molar-refractivity contribution < 1.29 is 0 Å². The lowest BCUT2D eigenvalue weighted by atomic mass is 10.3. The molecule has 0 aliphatic rings. The number of imidazole rings is 1. The van der Waals surface area contributed by atoms with Crippen LogP contribution in [0.4, 0.5) is 0 Å². The summed E-state index contributed by atoms with van der Waals surface area (Å²) in [7, 11) is 0. The Morgan fingerprint density at radius 3 is 2.89 bits per heavy atom. The SMILES string of the molecule is Cc1cnc(Sc2nc3ccccc3[nH]2)c(Br)c1. The van der Waals surface area contributed by atoms with Crippen LogP contribution in [-0.2, 0) is 0 Å². The largest absolute Gasteiger partial charge is 0.333 e. The van der Waals surface area contributed by atoms with Gasteiger partial charge in [0.2, 0.25) is 0 Å². The molecule has 3 rings (SSSR count). The highest BCUT2D eigenvalue weighted by Crippen LogP contribution is 2.31. The van der Waals surface area contributed by atoms with Crippen molar-refractivity contribution >= 4 is 38.7 Å². The lowest BCUT2D eigenvalue weighted by molar-refractivity contribution is 1.04. The number of nitrogens with one attached hydrogen (secondary N) is 1. The molecule has 1 aromatic carbocycles. The number of pyridine rings is 1. The standard InChI is InChI=1S/C13H10BrN3S/c1-8-6-9(14)12(15-7-8)18-13-16-10-4-2-3-5-11(10)17-13/h2-7H,1H3,(H,16,17). The first-order valence-corrected chi connectivity index (χ1v) is 7.08. The van der Waals surface area contributed by atoms with Gasteiger partial charge in [0.25, 0.3) is 0 Å². The summed E-state index contributed by atoms with van der Waals surface area (Å²) in [5.41, 5.74) is 3.15. The van der Waals surface area contributed by atoms with Gasteiger partial charge in [-0.2, -0.15) is 0 Å². The number of rotatable bonds is 2. The van der Waals surface area contributed by atoms with Gasteiger partial charge in [-0.3, -0.25) is 0 Å². The molecule has 5 heteroatoms. The van der Waals surface area contributed by atoms with Crippen molar-refractivity contribution in [2.75, 3.05) is 0 Å². The first-order valence-electron chi connectivity index (χ1n) is 5.47. The van der Waals surface area contributed by atoms with Gasteiger partial charge in [0.15, 0.2) is 5.16 Å². The fraction of sp³-hybridized carbons (Fsp3) is 0.0769. The number of hydrogen-bond acceptors (Lipinski definition) is 3. The van der Waals surface area contributed by atoms with Gasteiger partial charge in [-0.05, 0) is 58.4 Å². The van der Waals surface area contributed by atoms with Gasteiger partial charge in [-0.15, -0.1) is 0 Å². The molecule has 1 N–H and O–H groups in total. The third kappa shape index (κ3) is 2.28. The van der Waals surface area contributed by atoms with E-state index in [-0.39, 0.29) is 0 Å². The quantitative estimate of drug-likeness (QED) is 0.770. The minimum atomic E-state index is 0.855. The van der Waals surface area contributed by atoms with Gasteiger partial charge in [-0.25, -0.2) is 9.97 Å². The molecule has 0 saturated carbocycles. The van der Waals surface area contributed by atoms with E-state index in [2.05, 4.69) is 36.9 Å². The monoisotopic (exact) mass is 319 g/mol. The molecule has 0 saturated heterocycles. The molecule has 0 spiro atoms. The van der Waals surface area contributed by atoms with Crippen molar-refractivity contribution in [1.82, 2.24) is 15.0 Å². The summed E-state index contributed by atoms with van der Waals surface area (Å²) >= 11 is 5.05. The van der Waals surface area contributed by atoms with Crippen LogP contribution in [0, 0.1) is 6.92 Å². The zero-order valence-corrected chi connectivity index (χ0v) is 12.0. The van der Waals surface area contributed by atoms with E-state index in [0.29, 0.717) is 0 Å². The number of aromatic nitrogens is 3. The molecule has 90 valence electrons. The molecule has 2 aromatic heterocycles. The Morgan fingerprint density at radius 1 is 1.28 bits per heavy atom. The van der Waals surface area contributed by atoms with E-state index in [9.17, 15) is 0 Å². The third-order valence-corrected chi connectivity index (χ3v) is 4.28. The third-order valence-electron chi connectivity index (χ3n) is 2.51. The van der Waals surface area contributed by atoms with Crippen molar-refractivity contribution in [2.24, 2.45) is 0 Å². The molecule has 0 bridgehead atoms. The maximum absolute atomic E-state index is 4.52. The maximum atomic E-state index is 4.52. The normalized spacial score (nSPS) is 11.0. The van der Waals surface area contributed by atoms with Crippen LogP contribution in [0.25, 0.3) is 11.0 Å². The molecule has 0 aliphatic carbocycles. The zero-order valence-electron chi connectivity index (χ0n) is 9.64. The van der Waals surface area contributed by atoms with Crippen molar-refractivity contribution in [3.05, 3.63) is 46.6 Å². The van der Waals surface area contributed by atoms with Crippen molar-refractivity contribution in [1.29, 1.82) is 0 Å². The van der Waals surface area contributed by atoms with Gasteiger partial charge in [0.05, 0.1) is 15.5 Å². The minimum Gasteiger partial charge on any atom is -0.333 e. The second-order valence-corrected chi connectivity index (χ2v) is 5.79. The number of fused-ring (bicyclic) bond motifs is 1. The molecule has 3 nitrogen and oxygen atoms in total. The molecule has 0 amide bonds. The lowest BCUT2D eigenvalue weighted by Gasteiger charge is -2.01. The topological polar surface area (TPSA) is 41.6 Å². The second kappa shape index (κ2) is 4.74. The van der Waals surface area contributed by atoms with Crippen molar-refractivity contribution in [3.8, 4) is 0 Å². The van der Waals surface area contributed by atoms with Gasteiger partial charge in [0, 0.05) is 6.20 Å². The summed E-state index contributed by atoms with van der Waals surface area (Å²) in [5, 5.41) is 1.77. The van der Waals surface area contributed by atoms with Crippen LogP contribution in [0.5, 0.6) is 0 Å². The average Bonchev–Trinajstić information content (AvgIpc) is 2.75. The molecule has 3 aromatic rings. The molecule has 0 unspecified atom stereocenters. The highest BCUT2D eigenvalue weighted by atomic mass is 79.9. The first kappa shape index (κ1) is 11.7. The Bertz CT molecular complexity index is 675. The number of aryl methyl sites for hydroxylation is 1. The number of para-hydroxylation sites is 2. The number of benzene rings is 1. The Kier molecular flexibility index (Phi) is 3.09. The predicted octanol–water partition coefficient (Wildman–Crippen LogP) is 4.18. The van der Waals surface area contributed by atoms with Crippen LogP contribution < -0.4 is 0 Å². The zero-order chi connectivity index (χ0) is 12.5. The summed E-state index contributed by atoms with van der Waals surface area (Å²) in [5.74, 6) is 0. The molecule has 0 aliphatic heterocycles. The summed E-state index contributed by atoms with van der Waals surface area (Å²) in [6, 6.07) is 10.0. The fourth-order valence-electron chi connectivity index (χ4n) is 1.67. The number of H-pyrrole nitrogens is 1. The molecule has 18 heavy (non-hydrogen) atoms. The van der Waals surface area contributed by atoms with Crippen LogP contribution in [0.1, 0.15) is 5.56 Å². The number of aromatic amines is 1. The van der Waals surface area contributed by atoms with Gasteiger partial charge in [-0.1, -0.05) is 12.1 Å². The van der Waals surface area contributed by atoms with Crippen molar-refractivity contribution in [3.63, 3.8) is 0 Å². The van der Waals surface area contributed by atoms with Gasteiger partial charge in [0.1, 0.15) is 5.03 Å². The summed E-state index contributed by atoms with van der Waals surface area (Å²) < 4.78 is 0.993. The van der Waals surface area contributed by atoms with Gasteiger partial charge < -0.3 is 4.98 Å². The van der Waals surface area contributed by atoms with E-state index in [4.69, 9.17) is 0 Å². The predicted molar refractivity (Wildman–Crippen MR) is 76.9 cm³/mol. The van der Waals surface area contributed by atoms with Crippen LogP contribution >= 0.6 is 27.7 Å². The Morgan fingerprint density at radius 2 is 2.11 bits per heavy atom. The Balaban J connectivity index is 1.96. The highest BCUT2D eigenvalue weighted by Gasteiger charge is 2.08. The highest BCUT2D eigenvalue weighted by molar-refractivity contribution is 9.10. The van der Waals surface area contributed by atoms with E-state index in [0.717, 1.165) is 31.3 Å².